The zero-order valence-corrected chi connectivity index (χ0v) is 15.9. The molecule has 0 fully saturated rings. The van der Waals surface area contributed by atoms with Crippen LogP contribution in [0.15, 0.2) is 73.2 Å². The van der Waals surface area contributed by atoms with Gasteiger partial charge in [-0.05, 0) is 53.9 Å². The second kappa shape index (κ2) is 8.23. The molecular formula is C22H19ClN4O. The van der Waals surface area contributed by atoms with E-state index >= 15 is 0 Å². The van der Waals surface area contributed by atoms with Crippen LogP contribution in [-0.2, 0) is 17.8 Å². The van der Waals surface area contributed by atoms with Gasteiger partial charge in [0, 0.05) is 29.9 Å². The van der Waals surface area contributed by atoms with Crippen molar-refractivity contribution in [2.75, 3.05) is 0 Å². The van der Waals surface area contributed by atoms with E-state index in [2.05, 4.69) is 15.3 Å². The van der Waals surface area contributed by atoms with Gasteiger partial charge in [0.25, 0.3) is 0 Å². The number of benzene rings is 2. The molecule has 140 valence electrons. The van der Waals surface area contributed by atoms with Crippen LogP contribution in [-0.4, -0.2) is 20.4 Å². The Bertz CT molecular complexity index is 1100. The fraction of sp³-hybridized carbons (Fsp3) is 0.136. The van der Waals surface area contributed by atoms with Gasteiger partial charge in [-0.25, -0.2) is 9.97 Å². The average Bonchev–Trinajstić information content (AvgIpc) is 3.15. The van der Waals surface area contributed by atoms with E-state index in [1.165, 1.54) is 0 Å². The summed E-state index contributed by atoms with van der Waals surface area (Å²) in [5, 5.41) is 3.61. The lowest BCUT2D eigenvalue weighted by Gasteiger charge is -2.07. The van der Waals surface area contributed by atoms with E-state index in [1.807, 2.05) is 65.2 Å². The molecule has 0 saturated heterocycles. The quantitative estimate of drug-likeness (QED) is 0.533. The molecule has 0 spiro atoms. The number of halogens is 1. The predicted molar refractivity (Wildman–Crippen MR) is 110 cm³/mol. The van der Waals surface area contributed by atoms with Gasteiger partial charge >= 0.3 is 0 Å². The van der Waals surface area contributed by atoms with Crippen molar-refractivity contribution < 1.29 is 4.79 Å². The summed E-state index contributed by atoms with van der Waals surface area (Å²) in [4.78, 5) is 20.9. The van der Waals surface area contributed by atoms with E-state index in [-0.39, 0.29) is 5.91 Å². The average molecular weight is 391 g/mol. The number of pyridine rings is 1. The van der Waals surface area contributed by atoms with Crippen molar-refractivity contribution in [2.45, 2.75) is 19.4 Å². The molecule has 0 aliphatic rings. The highest BCUT2D eigenvalue weighted by atomic mass is 35.5. The summed E-state index contributed by atoms with van der Waals surface area (Å²) in [5.41, 5.74) is 4.79. The summed E-state index contributed by atoms with van der Waals surface area (Å²) in [5.74, 6) is 0.0221. The maximum Gasteiger partial charge on any atom is 0.220 e. The second-order valence-electron chi connectivity index (χ2n) is 6.53. The summed E-state index contributed by atoms with van der Waals surface area (Å²) in [6.07, 6.45) is 4.66. The second-order valence-corrected chi connectivity index (χ2v) is 6.97. The highest BCUT2D eigenvalue weighted by Crippen LogP contribution is 2.17. The Kier molecular flexibility index (Phi) is 5.35. The van der Waals surface area contributed by atoms with Gasteiger partial charge in [-0.15, -0.1) is 0 Å². The van der Waals surface area contributed by atoms with Crippen LogP contribution in [0, 0.1) is 0 Å². The first-order chi connectivity index (χ1) is 13.7. The van der Waals surface area contributed by atoms with Crippen LogP contribution in [0.5, 0.6) is 0 Å². The standard InChI is InChI=1S/C22H19ClN4O/c23-18-4-1-3-17(13-18)14-25-21(28)11-8-16-6-9-19(10-7-16)27-15-26-20-5-2-12-24-22(20)27/h1-7,9-10,12-13,15H,8,11,14H2,(H,25,28). The Hall–Kier alpha value is -3.18. The Balaban J connectivity index is 1.34. The number of carbonyl (C=O) groups is 1. The van der Waals surface area contributed by atoms with Crippen LogP contribution < -0.4 is 5.32 Å². The zero-order valence-electron chi connectivity index (χ0n) is 15.2. The maximum absolute atomic E-state index is 12.1. The molecule has 2 aromatic heterocycles. The molecule has 0 radical (unpaired) electrons. The molecule has 0 saturated carbocycles. The number of carbonyl (C=O) groups excluding carboxylic acids is 1. The summed E-state index contributed by atoms with van der Waals surface area (Å²) in [6, 6.07) is 19.4. The van der Waals surface area contributed by atoms with Crippen molar-refractivity contribution in [3.63, 3.8) is 0 Å². The van der Waals surface area contributed by atoms with Gasteiger partial charge in [-0.1, -0.05) is 35.9 Å². The first-order valence-corrected chi connectivity index (χ1v) is 9.45. The molecule has 2 heterocycles. The van der Waals surface area contributed by atoms with Crippen LogP contribution in [0.2, 0.25) is 5.02 Å². The van der Waals surface area contributed by atoms with Gasteiger partial charge in [0.05, 0.1) is 0 Å². The van der Waals surface area contributed by atoms with Crippen molar-refractivity contribution in [1.82, 2.24) is 19.9 Å². The summed E-state index contributed by atoms with van der Waals surface area (Å²) in [7, 11) is 0. The van der Waals surface area contributed by atoms with E-state index in [0.29, 0.717) is 24.4 Å². The zero-order chi connectivity index (χ0) is 19.3. The lowest BCUT2D eigenvalue weighted by Crippen LogP contribution is -2.22. The lowest BCUT2D eigenvalue weighted by atomic mass is 10.1. The van der Waals surface area contributed by atoms with Crippen molar-refractivity contribution in [3.8, 4) is 5.69 Å². The number of hydrogen-bond acceptors (Lipinski definition) is 3. The number of aromatic nitrogens is 3. The molecule has 0 bridgehead atoms. The van der Waals surface area contributed by atoms with Gasteiger partial charge in [0.15, 0.2) is 5.65 Å². The van der Waals surface area contributed by atoms with Crippen LogP contribution in [0.25, 0.3) is 16.9 Å². The summed E-state index contributed by atoms with van der Waals surface area (Å²) < 4.78 is 1.96. The van der Waals surface area contributed by atoms with Gasteiger partial charge in [0.2, 0.25) is 5.91 Å². The number of rotatable bonds is 6. The number of hydrogen-bond donors (Lipinski definition) is 1. The Morgan fingerprint density at radius 3 is 2.68 bits per heavy atom. The molecule has 5 nitrogen and oxygen atoms in total. The first-order valence-electron chi connectivity index (χ1n) is 9.07. The van der Waals surface area contributed by atoms with Gasteiger partial charge in [-0.3, -0.25) is 9.36 Å². The molecule has 0 aliphatic carbocycles. The molecule has 1 amide bonds. The molecule has 1 N–H and O–H groups in total. The van der Waals surface area contributed by atoms with E-state index in [0.717, 1.165) is 28.0 Å². The number of aryl methyl sites for hydroxylation is 1. The molecule has 4 rings (SSSR count). The summed E-state index contributed by atoms with van der Waals surface area (Å²) in [6.45, 7) is 0.485. The minimum absolute atomic E-state index is 0.0221. The van der Waals surface area contributed by atoms with Crippen molar-refractivity contribution in [2.24, 2.45) is 0 Å². The normalized spacial score (nSPS) is 10.9. The third-order valence-electron chi connectivity index (χ3n) is 4.54. The van der Waals surface area contributed by atoms with E-state index < -0.39 is 0 Å². The molecule has 2 aromatic carbocycles. The summed E-state index contributed by atoms with van der Waals surface area (Å²) >= 11 is 5.96. The van der Waals surface area contributed by atoms with Crippen LogP contribution in [0.1, 0.15) is 17.5 Å². The highest BCUT2D eigenvalue weighted by molar-refractivity contribution is 6.30. The van der Waals surface area contributed by atoms with Crippen LogP contribution in [0.4, 0.5) is 0 Å². The van der Waals surface area contributed by atoms with Crippen molar-refractivity contribution in [1.29, 1.82) is 0 Å². The smallest absolute Gasteiger partial charge is 0.220 e. The van der Waals surface area contributed by atoms with Gasteiger partial charge in [0.1, 0.15) is 11.8 Å². The fourth-order valence-corrected chi connectivity index (χ4v) is 3.27. The third kappa shape index (κ3) is 4.21. The molecule has 6 heteroatoms. The number of amides is 1. The van der Waals surface area contributed by atoms with Crippen LogP contribution >= 0.6 is 11.6 Å². The third-order valence-corrected chi connectivity index (χ3v) is 4.78. The minimum Gasteiger partial charge on any atom is -0.352 e. The van der Waals surface area contributed by atoms with E-state index in [4.69, 9.17) is 11.6 Å². The molecular weight excluding hydrogens is 372 g/mol. The molecule has 28 heavy (non-hydrogen) atoms. The minimum atomic E-state index is 0.0221. The SMILES string of the molecule is O=C(CCc1ccc(-n2cnc3cccnc32)cc1)NCc1cccc(Cl)c1. The number of nitrogens with one attached hydrogen (secondary N) is 1. The van der Waals surface area contributed by atoms with E-state index in [9.17, 15) is 4.79 Å². The topological polar surface area (TPSA) is 59.8 Å². The maximum atomic E-state index is 12.1. The largest absolute Gasteiger partial charge is 0.352 e. The molecule has 0 atom stereocenters. The molecule has 4 aromatic rings. The lowest BCUT2D eigenvalue weighted by molar-refractivity contribution is -0.121. The van der Waals surface area contributed by atoms with Crippen molar-refractivity contribution >= 4 is 28.7 Å². The number of fused-ring (bicyclic) bond motifs is 1. The Labute approximate surface area is 168 Å². The van der Waals surface area contributed by atoms with Crippen molar-refractivity contribution in [3.05, 3.63) is 89.3 Å². The fourth-order valence-electron chi connectivity index (χ4n) is 3.06. The highest BCUT2D eigenvalue weighted by Gasteiger charge is 2.06. The Morgan fingerprint density at radius 2 is 1.86 bits per heavy atom. The molecule has 0 aliphatic heterocycles. The van der Waals surface area contributed by atoms with E-state index in [1.54, 1.807) is 12.5 Å². The number of imidazole rings is 1. The monoisotopic (exact) mass is 390 g/mol. The Morgan fingerprint density at radius 1 is 1.00 bits per heavy atom. The van der Waals surface area contributed by atoms with Gasteiger partial charge in [-0.2, -0.15) is 0 Å². The predicted octanol–water partition coefficient (Wildman–Crippen LogP) is 4.32. The van der Waals surface area contributed by atoms with Gasteiger partial charge < -0.3 is 5.32 Å². The number of nitrogens with zero attached hydrogens (tertiary/aromatic N) is 3. The van der Waals surface area contributed by atoms with Crippen LogP contribution in [0.3, 0.4) is 0 Å². The molecule has 0 unspecified atom stereocenters. The first kappa shape index (κ1) is 18.2.